The topological polar surface area (TPSA) is 35.6 Å². The highest BCUT2D eigenvalue weighted by molar-refractivity contribution is 5.95. The molecule has 1 aromatic carbocycles. The van der Waals surface area contributed by atoms with Gasteiger partial charge in [0.25, 0.3) is 5.91 Å². The van der Waals surface area contributed by atoms with Crippen molar-refractivity contribution < 1.29 is 4.79 Å². The number of nitrogens with zero attached hydrogens (tertiary/aromatic N) is 2. The molecule has 0 bridgehead atoms. The molecule has 1 N–H and O–H groups in total. The van der Waals surface area contributed by atoms with E-state index in [9.17, 15) is 4.79 Å². The van der Waals surface area contributed by atoms with Crippen molar-refractivity contribution in [3.8, 4) is 0 Å². The van der Waals surface area contributed by atoms with E-state index in [0.717, 1.165) is 44.6 Å². The second-order valence-electron chi connectivity index (χ2n) is 7.87. The molecule has 2 saturated heterocycles. The molecule has 2 heterocycles. The van der Waals surface area contributed by atoms with Crippen molar-refractivity contribution in [2.75, 3.05) is 31.1 Å². The van der Waals surface area contributed by atoms with Gasteiger partial charge < -0.3 is 15.1 Å². The van der Waals surface area contributed by atoms with Crippen molar-refractivity contribution in [3.63, 3.8) is 0 Å². The van der Waals surface area contributed by atoms with Crippen LogP contribution in [0.2, 0.25) is 0 Å². The maximum atomic E-state index is 13.2. The van der Waals surface area contributed by atoms with E-state index in [0.29, 0.717) is 12.1 Å². The van der Waals surface area contributed by atoms with E-state index in [2.05, 4.69) is 39.4 Å². The number of carbonyl (C=O) groups is 1. The lowest BCUT2D eigenvalue weighted by Gasteiger charge is -2.35. The zero-order valence-corrected chi connectivity index (χ0v) is 15.3. The minimum Gasteiger partial charge on any atom is -0.372 e. The zero-order valence-electron chi connectivity index (χ0n) is 15.3. The summed E-state index contributed by atoms with van der Waals surface area (Å²) in [6.07, 6.45) is 9.81. The maximum absolute atomic E-state index is 13.2. The Morgan fingerprint density at radius 1 is 0.880 bits per heavy atom. The third kappa shape index (κ3) is 4.00. The number of nitrogens with one attached hydrogen (secondary N) is 1. The van der Waals surface area contributed by atoms with Crippen LogP contribution in [0, 0.1) is 0 Å². The van der Waals surface area contributed by atoms with Gasteiger partial charge in [0.15, 0.2) is 0 Å². The first-order valence-corrected chi connectivity index (χ1v) is 10.2. The van der Waals surface area contributed by atoms with Crippen LogP contribution in [-0.4, -0.2) is 49.1 Å². The fraction of sp³-hybridized carbons (Fsp3) is 0.667. The fourth-order valence-electron chi connectivity index (χ4n) is 4.36. The molecule has 0 unspecified atom stereocenters. The van der Waals surface area contributed by atoms with Gasteiger partial charge in [-0.1, -0.05) is 12.8 Å². The molecule has 25 heavy (non-hydrogen) atoms. The van der Waals surface area contributed by atoms with Gasteiger partial charge in [0.2, 0.25) is 0 Å². The first-order valence-electron chi connectivity index (χ1n) is 10.2. The Labute approximate surface area is 151 Å². The van der Waals surface area contributed by atoms with Gasteiger partial charge in [0, 0.05) is 36.4 Å². The molecule has 4 nitrogen and oxygen atoms in total. The highest BCUT2D eigenvalue weighted by Crippen LogP contribution is 2.33. The molecule has 2 aliphatic heterocycles. The quantitative estimate of drug-likeness (QED) is 0.911. The first kappa shape index (κ1) is 16.9. The van der Waals surface area contributed by atoms with E-state index in [1.807, 2.05) is 0 Å². The summed E-state index contributed by atoms with van der Waals surface area (Å²) in [5.74, 6) is 0.247. The van der Waals surface area contributed by atoms with Gasteiger partial charge >= 0.3 is 0 Å². The summed E-state index contributed by atoms with van der Waals surface area (Å²) < 4.78 is 0. The Morgan fingerprint density at radius 3 is 2.08 bits per heavy atom. The number of amides is 1. The second-order valence-corrected chi connectivity index (χ2v) is 7.87. The van der Waals surface area contributed by atoms with Crippen LogP contribution in [0.3, 0.4) is 0 Å². The van der Waals surface area contributed by atoms with Crippen LogP contribution in [0.4, 0.5) is 5.69 Å². The molecular weight excluding hydrogens is 310 g/mol. The normalized spacial score (nSPS) is 22.5. The van der Waals surface area contributed by atoms with Crippen molar-refractivity contribution in [2.45, 2.75) is 63.5 Å². The number of hydrogen-bond donors (Lipinski definition) is 1. The Morgan fingerprint density at radius 2 is 1.48 bits per heavy atom. The lowest BCUT2D eigenvalue weighted by molar-refractivity contribution is 0.0623. The van der Waals surface area contributed by atoms with Crippen molar-refractivity contribution in [2.24, 2.45) is 0 Å². The molecule has 1 aromatic rings. The monoisotopic (exact) mass is 341 g/mol. The molecule has 1 saturated carbocycles. The standard InChI is InChI=1S/C21H31N3O/c25-21(24(19-9-10-19)20-11-13-22-14-12-20)17-5-7-18(8-6-17)23-15-3-1-2-4-16-23/h5-8,19-20,22H,1-4,9-16H2. The van der Waals surface area contributed by atoms with Crippen LogP contribution in [0.1, 0.15) is 61.7 Å². The maximum Gasteiger partial charge on any atom is 0.254 e. The largest absolute Gasteiger partial charge is 0.372 e. The molecule has 3 aliphatic rings. The number of rotatable bonds is 4. The number of anilines is 1. The summed E-state index contributed by atoms with van der Waals surface area (Å²) in [5.41, 5.74) is 2.14. The van der Waals surface area contributed by atoms with Gasteiger partial charge in [-0.2, -0.15) is 0 Å². The van der Waals surface area contributed by atoms with Crippen LogP contribution < -0.4 is 10.2 Å². The summed E-state index contributed by atoms with van der Waals surface area (Å²) in [4.78, 5) is 17.8. The SMILES string of the molecule is O=C(c1ccc(N2CCCCCC2)cc1)N(C1CCNCC1)C1CC1. The van der Waals surface area contributed by atoms with Gasteiger partial charge in [0.05, 0.1) is 0 Å². The van der Waals surface area contributed by atoms with Crippen molar-refractivity contribution in [1.29, 1.82) is 0 Å². The van der Waals surface area contributed by atoms with Crippen molar-refractivity contribution in [1.82, 2.24) is 10.2 Å². The van der Waals surface area contributed by atoms with Gasteiger partial charge in [0.1, 0.15) is 0 Å². The van der Waals surface area contributed by atoms with Crippen LogP contribution in [0.15, 0.2) is 24.3 Å². The van der Waals surface area contributed by atoms with E-state index >= 15 is 0 Å². The number of hydrogen-bond acceptors (Lipinski definition) is 3. The van der Waals surface area contributed by atoms with Gasteiger partial charge in [-0.05, 0) is 75.9 Å². The van der Waals surface area contributed by atoms with E-state index in [4.69, 9.17) is 0 Å². The van der Waals surface area contributed by atoms with E-state index in [-0.39, 0.29) is 5.91 Å². The van der Waals surface area contributed by atoms with Crippen LogP contribution >= 0.6 is 0 Å². The summed E-state index contributed by atoms with van der Waals surface area (Å²) in [5, 5.41) is 3.41. The Bertz CT molecular complexity index is 567. The number of carbonyl (C=O) groups excluding carboxylic acids is 1. The number of benzene rings is 1. The molecule has 1 amide bonds. The minimum atomic E-state index is 0.247. The molecule has 4 rings (SSSR count). The molecule has 0 atom stereocenters. The second kappa shape index (κ2) is 7.77. The summed E-state index contributed by atoms with van der Waals surface area (Å²) in [6, 6.07) is 9.34. The van der Waals surface area contributed by atoms with Gasteiger partial charge in [-0.25, -0.2) is 0 Å². The third-order valence-electron chi connectivity index (χ3n) is 5.96. The molecule has 1 aliphatic carbocycles. The van der Waals surface area contributed by atoms with Crippen molar-refractivity contribution >= 4 is 11.6 Å². The van der Waals surface area contributed by atoms with Crippen LogP contribution in [0.25, 0.3) is 0 Å². The summed E-state index contributed by atoms with van der Waals surface area (Å²) >= 11 is 0. The van der Waals surface area contributed by atoms with Crippen LogP contribution in [0.5, 0.6) is 0 Å². The van der Waals surface area contributed by atoms with E-state index in [1.54, 1.807) is 0 Å². The average molecular weight is 341 g/mol. The summed E-state index contributed by atoms with van der Waals surface area (Å²) in [7, 11) is 0. The molecule has 3 fully saturated rings. The van der Waals surface area contributed by atoms with E-state index in [1.165, 1.54) is 44.2 Å². The third-order valence-corrected chi connectivity index (χ3v) is 5.96. The highest BCUT2D eigenvalue weighted by Gasteiger charge is 2.38. The molecule has 0 aromatic heterocycles. The highest BCUT2D eigenvalue weighted by atomic mass is 16.2. The molecule has 4 heteroatoms. The zero-order chi connectivity index (χ0) is 17.1. The Hall–Kier alpha value is -1.55. The smallest absolute Gasteiger partial charge is 0.254 e. The first-order chi connectivity index (χ1) is 12.3. The molecule has 136 valence electrons. The lowest BCUT2D eigenvalue weighted by Crippen LogP contribution is -2.47. The lowest BCUT2D eigenvalue weighted by atomic mass is 10.0. The predicted octanol–water partition coefficient (Wildman–Crippen LogP) is 3.42. The Kier molecular flexibility index (Phi) is 5.25. The molecule has 0 spiro atoms. The van der Waals surface area contributed by atoms with Gasteiger partial charge in [-0.15, -0.1) is 0 Å². The average Bonchev–Trinajstić information content (AvgIpc) is 3.50. The fourth-order valence-corrected chi connectivity index (χ4v) is 4.36. The van der Waals surface area contributed by atoms with E-state index < -0.39 is 0 Å². The predicted molar refractivity (Wildman–Crippen MR) is 102 cm³/mol. The molecule has 0 radical (unpaired) electrons. The Balaban J connectivity index is 1.47. The summed E-state index contributed by atoms with van der Waals surface area (Å²) in [6.45, 7) is 4.37. The van der Waals surface area contributed by atoms with Gasteiger partial charge in [-0.3, -0.25) is 4.79 Å². The minimum absolute atomic E-state index is 0.247. The van der Waals surface area contributed by atoms with Crippen molar-refractivity contribution in [3.05, 3.63) is 29.8 Å². The van der Waals surface area contributed by atoms with Crippen LogP contribution in [-0.2, 0) is 0 Å². The number of piperidine rings is 1. The molecular formula is C21H31N3O.